The molecule has 0 unspecified atom stereocenters. The second kappa shape index (κ2) is 6.10. The predicted octanol–water partition coefficient (Wildman–Crippen LogP) is 3.64. The molecule has 0 aliphatic heterocycles. The zero-order chi connectivity index (χ0) is 14.5. The van der Waals surface area contributed by atoms with E-state index >= 15 is 0 Å². The highest BCUT2D eigenvalue weighted by Gasteiger charge is 2.14. The van der Waals surface area contributed by atoms with Gasteiger partial charge in [-0.25, -0.2) is 4.79 Å². The van der Waals surface area contributed by atoms with E-state index in [2.05, 4.69) is 5.32 Å². The second-order valence-corrected chi connectivity index (χ2v) is 4.64. The van der Waals surface area contributed by atoms with Crippen molar-refractivity contribution in [3.8, 4) is 0 Å². The summed E-state index contributed by atoms with van der Waals surface area (Å²) in [4.78, 5) is 14.0. The minimum absolute atomic E-state index is 0.163. The maximum Gasteiger partial charge on any atom is 0.326 e. The molecule has 2 rings (SSSR count). The third-order valence-corrected chi connectivity index (χ3v) is 3.01. The number of carbonyl (C=O) groups excluding carboxylic acids is 1. The summed E-state index contributed by atoms with van der Waals surface area (Å²) in [6.45, 7) is 4.49. The lowest BCUT2D eigenvalue weighted by molar-refractivity contribution is 0.257. The lowest BCUT2D eigenvalue weighted by Gasteiger charge is -2.22. The number of hydrogen-bond acceptors (Lipinski definition) is 2. The summed E-state index contributed by atoms with van der Waals surface area (Å²) in [5.41, 5.74) is 9.09. The van der Waals surface area contributed by atoms with Gasteiger partial charge >= 0.3 is 6.03 Å². The first-order valence-electron chi connectivity index (χ1n) is 6.61. The fourth-order valence-corrected chi connectivity index (χ4v) is 2.05. The fourth-order valence-electron chi connectivity index (χ4n) is 2.05. The molecule has 0 atom stereocenters. The number of benzene rings is 2. The highest BCUT2D eigenvalue weighted by molar-refractivity contribution is 6.01. The molecule has 0 saturated heterocycles. The lowest BCUT2D eigenvalue weighted by Crippen LogP contribution is -2.34. The number of nitrogens with zero attached hydrogens (tertiary/aromatic N) is 1. The number of aryl methyl sites for hydroxylation is 1. The van der Waals surface area contributed by atoms with Crippen molar-refractivity contribution < 1.29 is 4.79 Å². The van der Waals surface area contributed by atoms with Crippen LogP contribution in [-0.2, 0) is 0 Å². The van der Waals surface area contributed by atoms with Crippen LogP contribution in [0, 0.1) is 6.92 Å². The Morgan fingerprint density at radius 3 is 2.60 bits per heavy atom. The first-order valence-corrected chi connectivity index (χ1v) is 6.61. The summed E-state index contributed by atoms with van der Waals surface area (Å²) in [6, 6.07) is 14.9. The van der Waals surface area contributed by atoms with Crippen molar-refractivity contribution in [2.24, 2.45) is 0 Å². The van der Waals surface area contributed by atoms with E-state index in [1.54, 1.807) is 17.0 Å². The summed E-state index contributed by atoms with van der Waals surface area (Å²) in [5.74, 6) is 0. The van der Waals surface area contributed by atoms with Crippen LogP contribution in [0.3, 0.4) is 0 Å². The minimum atomic E-state index is -0.163. The van der Waals surface area contributed by atoms with Crippen molar-refractivity contribution in [2.75, 3.05) is 22.5 Å². The van der Waals surface area contributed by atoms with Crippen LogP contribution in [0.5, 0.6) is 0 Å². The van der Waals surface area contributed by atoms with E-state index < -0.39 is 0 Å². The number of nitrogens with two attached hydrogens (primary N) is 1. The van der Waals surface area contributed by atoms with Gasteiger partial charge in [-0.15, -0.1) is 0 Å². The summed E-state index contributed by atoms with van der Waals surface area (Å²) in [5, 5.41) is 2.90. The van der Waals surface area contributed by atoms with E-state index in [9.17, 15) is 4.79 Å². The van der Waals surface area contributed by atoms with E-state index in [0.29, 0.717) is 12.2 Å². The highest BCUT2D eigenvalue weighted by atomic mass is 16.2. The van der Waals surface area contributed by atoms with Gasteiger partial charge in [0, 0.05) is 23.6 Å². The van der Waals surface area contributed by atoms with Crippen LogP contribution >= 0.6 is 0 Å². The zero-order valence-corrected chi connectivity index (χ0v) is 11.8. The monoisotopic (exact) mass is 269 g/mol. The Morgan fingerprint density at radius 1 is 1.20 bits per heavy atom. The van der Waals surface area contributed by atoms with Gasteiger partial charge in [-0.05, 0) is 49.7 Å². The number of urea groups is 1. The number of nitrogen functional groups attached to an aromatic ring is 1. The normalized spacial score (nSPS) is 10.1. The number of amides is 2. The van der Waals surface area contributed by atoms with Gasteiger partial charge in [0.25, 0.3) is 0 Å². The van der Waals surface area contributed by atoms with Crippen molar-refractivity contribution in [1.29, 1.82) is 0 Å². The van der Waals surface area contributed by atoms with Crippen LogP contribution in [-0.4, -0.2) is 12.6 Å². The Hall–Kier alpha value is -2.49. The second-order valence-electron chi connectivity index (χ2n) is 4.64. The molecule has 2 aromatic rings. The predicted molar refractivity (Wildman–Crippen MR) is 84.1 cm³/mol. The first-order chi connectivity index (χ1) is 9.60. The molecule has 20 heavy (non-hydrogen) atoms. The Morgan fingerprint density at radius 2 is 1.95 bits per heavy atom. The van der Waals surface area contributed by atoms with Crippen LogP contribution < -0.4 is 16.0 Å². The van der Waals surface area contributed by atoms with E-state index in [-0.39, 0.29) is 6.03 Å². The van der Waals surface area contributed by atoms with Crippen molar-refractivity contribution in [2.45, 2.75) is 13.8 Å². The minimum Gasteiger partial charge on any atom is -0.399 e. The topological polar surface area (TPSA) is 58.4 Å². The van der Waals surface area contributed by atoms with Crippen molar-refractivity contribution >= 4 is 23.1 Å². The van der Waals surface area contributed by atoms with Gasteiger partial charge < -0.3 is 11.1 Å². The molecule has 0 aromatic heterocycles. The molecule has 0 aliphatic carbocycles. The molecule has 2 amide bonds. The van der Waals surface area contributed by atoms with Crippen LogP contribution in [0.4, 0.5) is 21.9 Å². The van der Waals surface area contributed by atoms with Crippen LogP contribution in [0.2, 0.25) is 0 Å². The summed E-state index contributed by atoms with van der Waals surface area (Å²) in [7, 11) is 0. The summed E-state index contributed by atoms with van der Waals surface area (Å²) < 4.78 is 0. The van der Waals surface area contributed by atoms with Gasteiger partial charge in [0.15, 0.2) is 0 Å². The number of hydrogen-bond donors (Lipinski definition) is 2. The SMILES string of the molecule is CCN(C(=O)Nc1cccc(C)c1)c1cccc(N)c1. The van der Waals surface area contributed by atoms with Gasteiger partial charge in [0.1, 0.15) is 0 Å². The molecule has 0 saturated carbocycles. The smallest absolute Gasteiger partial charge is 0.326 e. The van der Waals surface area contributed by atoms with Gasteiger partial charge in [0.2, 0.25) is 0 Å². The average molecular weight is 269 g/mol. The Kier molecular flexibility index (Phi) is 4.25. The van der Waals surface area contributed by atoms with E-state index in [0.717, 1.165) is 16.9 Å². The number of nitrogens with one attached hydrogen (secondary N) is 1. The third kappa shape index (κ3) is 3.29. The van der Waals surface area contributed by atoms with Crippen LogP contribution in [0.15, 0.2) is 48.5 Å². The first kappa shape index (κ1) is 13.9. The molecule has 4 heteroatoms. The van der Waals surface area contributed by atoms with E-state index in [1.807, 2.05) is 50.2 Å². The lowest BCUT2D eigenvalue weighted by atomic mass is 10.2. The maximum atomic E-state index is 12.3. The molecule has 0 spiro atoms. The van der Waals surface area contributed by atoms with Gasteiger partial charge in [-0.2, -0.15) is 0 Å². The molecule has 104 valence electrons. The third-order valence-electron chi connectivity index (χ3n) is 3.01. The van der Waals surface area contributed by atoms with E-state index in [4.69, 9.17) is 5.73 Å². The van der Waals surface area contributed by atoms with Gasteiger partial charge in [-0.3, -0.25) is 4.90 Å². The Balaban J connectivity index is 2.17. The zero-order valence-electron chi connectivity index (χ0n) is 11.8. The van der Waals surface area contributed by atoms with Crippen molar-refractivity contribution in [1.82, 2.24) is 0 Å². The highest BCUT2D eigenvalue weighted by Crippen LogP contribution is 2.19. The molecular weight excluding hydrogens is 250 g/mol. The average Bonchev–Trinajstić information content (AvgIpc) is 2.39. The Labute approximate surface area is 119 Å². The van der Waals surface area contributed by atoms with E-state index in [1.165, 1.54) is 0 Å². The number of rotatable bonds is 3. The van der Waals surface area contributed by atoms with Gasteiger partial charge in [-0.1, -0.05) is 18.2 Å². The number of anilines is 3. The largest absolute Gasteiger partial charge is 0.399 e. The quantitative estimate of drug-likeness (QED) is 0.836. The Bertz CT molecular complexity index is 610. The standard InChI is InChI=1S/C16H19N3O/c1-3-19(15-9-5-7-13(17)11-15)16(20)18-14-8-4-6-12(2)10-14/h4-11H,3,17H2,1-2H3,(H,18,20). The van der Waals surface area contributed by atoms with Crippen molar-refractivity contribution in [3.63, 3.8) is 0 Å². The van der Waals surface area contributed by atoms with Gasteiger partial charge in [0.05, 0.1) is 0 Å². The van der Waals surface area contributed by atoms with Crippen LogP contribution in [0.1, 0.15) is 12.5 Å². The molecule has 2 aromatic carbocycles. The molecule has 0 heterocycles. The molecule has 0 radical (unpaired) electrons. The van der Waals surface area contributed by atoms with Crippen LogP contribution in [0.25, 0.3) is 0 Å². The fraction of sp³-hybridized carbons (Fsp3) is 0.188. The number of carbonyl (C=O) groups is 1. The summed E-state index contributed by atoms with van der Waals surface area (Å²) >= 11 is 0. The molecule has 4 nitrogen and oxygen atoms in total. The molecular formula is C16H19N3O. The molecule has 0 aliphatic rings. The van der Waals surface area contributed by atoms with Crippen molar-refractivity contribution in [3.05, 3.63) is 54.1 Å². The maximum absolute atomic E-state index is 12.3. The summed E-state index contributed by atoms with van der Waals surface area (Å²) in [6.07, 6.45) is 0. The molecule has 0 fully saturated rings. The molecule has 3 N–H and O–H groups in total. The molecule has 0 bridgehead atoms.